The molecular weight excluding hydrogens is 262 g/mol. The van der Waals surface area contributed by atoms with E-state index in [0.29, 0.717) is 0 Å². The average Bonchev–Trinajstić information content (AvgIpc) is 2.49. The Labute approximate surface area is 117 Å². The van der Waals surface area contributed by atoms with E-state index in [4.69, 9.17) is 14.6 Å². The Morgan fingerprint density at radius 3 is 2.60 bits per heavy atom. The van der Waals surface area contributed by atoms with E-state index < -0.39 is 24.4 Å². The van der Waals surface area contributed by atoms with Crippen LogP contribution in [0.3, 0.4) is 0 Å². The molecular formula is C14H19NO5. The van der Waals surface area contributed by atoms with Crippen molar-refractivity contribution in [1.82, 2.24) is 0 Å². The lowest BCUT2D eigenvalue weighted by Gasteiger charge is -2.34. The van der Waals surface area contributed by atoms with Crippen LogP contribution in [0.25, 0.3) is 0 Å². The number of aliphatic imine (C=N–C) groups is 1. The third-order valence-corrected chi connectivity index (χ3v) is 3.32. The summed E-state index contributed by atoms with van der Waals surface area (Å²) in [7, 11) is 1.60. The molecule has 1 heterocycles. The van der Waals surface area contributed by atoms with E-state index in [1.807, 2.05) is 24.3 Å². The Morgan fingerprint density at radius 2 is 2.00 bits per heavy atom. The van der Waals surface area contributed by atoms with Crippen LogP contribution in [0.15, 0.2) is 29.3 Å². The lowest BCUT2D eigenvalue weighted by Crippen LogP contribution is -2.53. The fourth-order valence-corrected chi connectivity index (χ4v) is 2.03. The first-order chi connectivity index (χ1) is 9.65. The van der Waals surface area contributed by atoms with Crippen LogP contribution >= 0.6 is 0 Å². The minimum absolute atomic E-state index is 0.163. The second-order valence-electron chi connectivity index (χ2n) is 4.65. The quantitative estimate of drug-likeness (QED) is 0.653. The van der Waals surface area contributed by atoms with Gasteiger partial charge in [-0.15, -0.1) is 0 Å². The number of aliphatic hydroxyl groups is 3. The number of hydrogen-bond donors (Lipinski definition) is 3. The fourth-order valence-electron chi connectivity index (χ4n) is 2.03. The molecule has 3 unspecified atom stereocenters. The zero-order chi connectivity index (χ0) is 14.5. The molecule has 0 aromatic heterocycles. The second kappa shape index (κ2) is 6.81. The summed E-state index contributed by atoms with van der Waals surface area (Å²) in [6.07, 6.45) is -1.32. The number of hydrogen-bond acceptors (Lipinski definition) is 6. The lowest BCUT2D eigenvalue weighted by molar-refractivity contribution is -0.155. The number of benzene rings is 1. The molecule has 0 saturated carbocycles. The molecule has 0 radical (unpaired) electrons. The van der Waals surface area contributed by atoms with E-state index in [1.54, 1.807) is 13.3 Å². The molecule has 3 N–H and O–H groups in total. The summed E-state index contributed by atoms with van der Waals surface area (Å²) in [5.41, 5.74) is 0.858. The van der Waals surface area contributed by atoms with E-state index in [2.05, 4.69) is 4.99 Å². The fraction of sp³-hybridized carbons (Fsp3) is 0.500. The maximum Gasteiger partial charge on any atom is 0.118 e. The van der Waals surface area contributed by atoms with Gasteiger partial charge in [-0.2, -0.15) is 0 Å². The first-order valence-corrected chi connectivity index (χ1v) is 6.41. The predicted octanol–water partition coefficient (Wildman–Crippen LogP) is -0.404. The number of ether oxygens (including phenoxy) is 2. The van der Waals surface area contributed by atoms with E-state index in [-0.39, 0.29) is 13.2 Å². The molecule has 6 nitrogen and oxygen atoms in total. The maximum absolute atomic E-state index is 9.92. The standard InChI is InChI=1S/C14H19NO5/c1-19-10-4-2-9(3-5-10)6-15-11-8-20-12(7-16)14(18)13(11)17/h2-6,11-14,16-18H,7-8H2,1H3/t11?,12?,13?,14-/m1/s1. The molecule has 1 fully saturated rings. The van der Waals surface area contributed by atoms with Crippen molar-refractivity contribution >= 4 is 6.21 Å². The van der Waals surface area contributed by atoms with Crippen LogP contribution in [0.4, 0.5) is 0 Å². The molecule has 0 amide bonds. The number of nitrogens with zero attached hydrogens (tertiary/aromatic N) is 1. The third kappa shape index (κ3) is 3.34. The summed E-state index contributed by atoms with van der Waals surface area (Å²) >= 11 is 0. The van der Waals surface area contributed by atoms with Crippen molar-refractivity contribution in [2.75, 3.05) is 20.3 Å². The Morgan fingerprint density at radius 1 is 1.30 bits per heavy atom. The van der Waals surface area contributed by atoms with Crippen molar-refractivity contribution in [2.24, 2.45) is 4.99 Å². The van der Waals surface area contributed by atoms with Gasteiger partial charge in [-0.3, -0.25) is 4.99 Å². The molecule has 0 spiro atoms. The van der Waals surface area contributed by atoms with Crippen LogP contribution in [-0.4, -0.2) is 66.2 Å². The highest BCUT2D eigenvalue weighted by Crippen LogP contribution is 2.18. The van der Waals surface area contributed by atoms with Gasteiger partial charge in [0.05, 0.1) is 20.3 Å². The molecule has 0 aliphatic carbocycles. The van der Waals surface area contributed by atoms with Gasteiger partial charge in [-0.05, 0) is 29.8 Å². The first kappa shape index (κ1) is 14.9. The normalized spacial score (nSPS) is 30.6. The Bertz CT molecular complexity index is 447. The molecule has 1 aromatic carbocycles. The van der Waals surface area contributed by atoms with E-state index in [1.165, 1.54) is 0 Å². The first-order valence-electron chi connectivity index (χ1n) is 6.41. The van der Waals surface area contributed by atoms with Gasteiger partial charge >= 0.3 is 0 Å². The van der Waals surface area contributed by atoms with Crippen molar-refractivity contribution in [1.29, 1.82) is 0 Å². The highest BCUT2D eigenvalue weighted by atomic mass is 16.5. The summed E-state index contributed by atoms with van der Waals surface area (Å²) in [4.78, 5) is 4.23. The van der Waals surface area contributed by atoms with Gasteiger partial charge in [-0.25, -0.2) is 0 Å². The topological polar surface area (TPSA) is 91.5 Å². The number of aliphatic hydroxyl groups excluding tert-OH is 3. The van der Waals surface area contributed by atoms with Crippen LogP contribution in [0, 0.1) is 0 Å². The van der Waals surface area contributed by atoms with E-state index in [9.17, 15) is 10.2 Å². The summed E-state index contributed by atoms with van der Waals surface area (Å²) in [6.45, 7) is -0.163. The molecule has 2 rings (SSSR count). The van der Waals surface area contributed by atoms with Crippen LogP contribution in [-0.2, 0) is 4.74 Å². The highest BCUT2D eigenvalue weighted by Gasteiger charge is 2.37. The molecule has 20 heavy (non-hydrogen) atoms. The summed E-state index contributed by atoms with van der Waals surface area (Å²) in [6, 6.07) is 6.75. The van der Waals surface area contributed by atoms with Gasteiger partial charge in [-0.1, -0.05) is 0 Å². The van der Waals surface area contributed by atoms with Gasteiger partial charge in [0, 0.05) is 6.21 Å². The van der Waals surface area contributed by atoms with E-state index in [0.717, 1.165) is 11.3 Å². The van der Waals surface area contributed by atoms with Crippen LogP contribution in [0.1, 0.15) is 5.56 Å². The number of rotatable bonds is 4. The van der Waals surface area contributed by atoms with Crippen molar-refractivity contribution in [3.8, 4) is 5.75 Å². The maximum atomic E-state index is 9.92. The van der Waals surface area contributed by atoms with Gasteiger partial charge in [0.25, 0.3) is 0 Å². The summed E-state index contributed by atoms with van der Waals surface area (Å²) in [5.74, 6) is 0.754. The second-order valence-corrected chi connectivity index (χ2v) is 4.65. The van der Waals surface area contributed by atoms with Crippen LogP contribution in [0.5, 0.6) is 5.75 Å². The van der Waals surface area contributed by atoms with Crippen molar-refractivity contribution < 1.29 is 24.8 Å². The van der Waals surface area contributed by atoms with Crippen molar-refractivity contribution in [3.63, 3.8) is 0 Å². The minimum Gasteiger partial charge on any atom is -0.497 e. The van der Waals surface area contributed by atoms with Crippen molar-refractivity contribution in [2.45, 2.75) is 24.4 Å². The van der Waals surface area contributed by atoms with Gasteiger partial charge < -0.3 is 24.8 Å². The molecule has 4 atom stereocenters. The van der Waals surface area contributed by atoms with Gasteiger partial charge in [0.1, 0.15) is 30.1 Å². The molecule has 0 bridgehead atoms. The Hall–Kier alpha value is -1.47. The number of methoxy groups -OCH3 is 1. The van der Waals surface area contributed by atoms with Crippen LogP contribution < -0.4 is 4.74 Å². The summed E-state index contributed by atoms with van der Waals surface area (Å²) in [5, 5.41) is 28.6. The highest BCUT2D eigenvalue weighted by molar-refractivity contribution is 5.79. The largest absolute Gasteiger partial charge is 0.497 e. The van der Waals surface area contributed by atoms with Gasteiger partial charge in [0.2, 0.25) is 0 Å². The molecule has 1 aliphatic rings. The zero-order valence-corrected chi connectivity index (χ0v) is 11.2. The molecule has 6 heteroatoms. The Balaban J connectivity index is 2.00. The predicted molar refractivity (Wildman–Crippen MR) is 73.2 cm³/mol. The molecule has 1 aromatic rings. The average molecular weight is 281 g/mol. The smallest absolute Gasteiger partial charge is 0.118 e. The monoisotopic (exact) mass is 281 g/mol. The molecule has 1 aliphatic heterocycles. The van der Waals surface area contributed by atoms with Crippen LogP contribution in [0.2, 0.25) is 0 Å². The van der Waals surface area contributed by atoms with Gasteiger partial charge in [0.15, 0.2) is 0 Å². The zero-order valence-electron chi connectivity index (χ0n) is 11.2. The third-order valence-electron chi connectivity index (χ3n) is 3.32. The molecule has 110 valence electrons. The lowest BCUT2D eigenvalue weighted by atomic mass is 9.99. The minimum atomic E-state index is -1.13. The molecule has 1 saturated heterocycles. The van der Waals surface area contributed by atoms with E-state index >= 15 is 0 Å². The summed E-state index contributed by atoms with van der Waals surface area (Å²) < 4.78 is 10.3. The SMILES string of the molecule is COc1ccc(C=NC2COC(CO)[C@@H](O)C2O)cc1. The Kier molecular flexibility index (Phi) is 5.08. The van der Waals surface area contributed by atoms with Crippen molar-refractivity contribution in [3.05, 3.63) is 29.8 Å².